The number of fused-ring (bicyclic) bond motifs is 1. The topological polar surface area (TPSA) is 80.8 Å². The predicted octanol–water partition coefficient (Wildman–Crippen LogP) is 4.58. The third kappa shape index (κ3) is 4.05. The minimum atomic E-state index is -0.747. The largest absolute Gasteiger partial charge is 0.497 e. The van der Waals surface area contributed by atoms with Gasteiger partial charge in [-0.2, -0.15) is 0 Å². The Hall–Kier alpha value is -3.39. The summed E-state index contributed by atoms with van der Waals surface area (Å²) < 4.78 is 11.0. The second kappa shape index (κ2) is 8.63. The number of ether oxygens (including phenoxy) is 2. The zero-order valence-corrected chi connectivity index (χ0v) is 19.4. The zero-order valence-electron chi connectivity index (χ0n) is 18.6. The number of amides is 2. The van der Waals surface area contributed by atoms with Crippen molar-refractivity contribution in [1.29, 1.82) is 0 Å². The number of nitrogens with one attached hydrogen (secondary N) is 1. The number of rotatable bonds is 5. The summed E-state index contributed by atoms with van der Waals surface area (Å²) in [5.41, 5.74) is 2.94. The normalized spacial score (nSPS) is 16.2. The molecule has 0 saturated carbocycles. The van der Waals surface area contributed by atoms with Crippen molar-refractivity contribution in [1.82, 2.24) is 4.98 Å². The number of thiazole rings is 1. The van der Waals surface area contributed by atoms with Crippen LogP contribution in [0.3, 0.4) is 0 Å². The summed E-state index contributed by atoms with van der Waals surface area (Å²) in [5.74, 6) is 0.699. The van der Waals surface area contributed by atoms with Crippen LogP contribution in [-0.4, -0.2) is 36.1 Å². The van der Waals surface area contributed by atoms with E-state index in [4.69, 9.17) is 9.47 Å². The van der Waals surface area contributed by atoms with Crippen LogP contribution in [0.1, 0.15) is 23.7 Å². The Bertz CT molecular complexity index is 1170. The number of carbonyl (C=O) groups is 2. The smallest absolute Gasteiger partial charge is 0.268 e. The first kappa shape index (κ1) is 21.8. The highest BCUT2D eigenvalue weighted by Gasteiger charge is 2.37. The number of nitrogens with zero attached hydrogens (tertiary/aromatic N) is 2. The average Bonchev–Trinajstić information content (AvgIpc) is 3.12. The first-order valence-electron chi connectivity index (χ1n) is 10.3. The standard InChI is InChI=1S/C24H25N3O4S/c1-13(23(28)26-18-7-9-19(30-5)10-8-18)27-20-12-17(22-15(3)32-16(4)25-22)6-11-21(20)31-14(2)24(27)29/h6-14H,1-5H3,(H,26,28). The molecule has 32 heavy (non-hydrogen) atoms. The molecular weight excluding hydrogens is 426 g/mol. The van der Waals surface area contributed by atoms with Crippen LogP contribution in [0.25, 0.3) is 11.3 Å². The summed E-state index contributed by atoms with van der Waals surface area (Å²) in [6.45, 7) is 7.38. The van der Waals surface area contributed by atoms with E-state index < -0.39 is 12.1 Å². The Morgan fingerprint density at radius 1 is 1.22 bits per heavy atom. The fraction of sp³-hybridized carbons (Fsp3) is 0.292. The van der Waals surface area contributed by atoms with Gasteiger partial charge in [0, 0.05) is 16.1 Å². The van der Waals surface area contributed by atoms with Crippen molar-refractivity contribution in [3.63, 3.8) is 0 Å². The van der Waals surface area contributed by atoms with E-state index in [0.717, 1.165) is 21.1 Å². The van der Waals surface area contributed by atoms with Crippen LogP contribution in [0.4, 0.5) is 11.4 Å². The van der Waals surface area contributed by atoms with Crippen molar-refractivity contribution in [2.75, 3.05) is 17.3 Å². The van der Waals surface area contributed by atoms with Crippen molar-refractivity contribution >= 4 is 34.5 Å². The minimum absolute atomic E-state index is 0.266. The predicted molar refractivity (Wildman–Crippen MR) is 126 cm³/mol. The van der Waals surface area contributed by atoms with Crippen molar-refractivity contribution in [3.8, 4) is 22.8 Å². The molecule has 4 rings (SSSR count). The SMILES string of the molecule is COc1ccc(NC(=O)C(C)N2C(=O)C(C)Oc3ccc(-c4nc(C)sc4C)cc32)cc1. The highest BCUT2D eigenvalue weighted by Crippen LogP contribution is 2.39. The lowest BCUT2D eigenvalue weighted by Gasteiger charge is -2.36. The lowest BCUT2D eigenvalue weighted by molar-refractivity contribution is -0.128. The fourth-order valence-electron chi connectivity index (χ4n) is 3.74. The molecular formula is C24H25N3O4S. The third-order valence-corrected chi connectivity index (χ3v) is 6.29. The monoisotopic (exact) mass is 451 g/mol. The molecule has 0 radical (unpaired) electrons. The molecule has 2 heterocycles. The Morgan fingerprint density at radius 2 is 1.94 bits per heavy atom. The molecule has 0 bridgehead atoms. The lowest BCUT2D eigenvalue weighted by Crippen LogP contribution is -2.52. The molecule has 1 aliphatic heterocycles. The molecule has 0 spiro atoms. The van der Waals surface area contributed by atoms with Gasteiger partial charge < -0.3 is 14.8 Å². The number of benzene rings is 2. The fourth-order valence-corrected chi connectivity index (χ4v) is 4.58. The molecule has 1 N–H and O–H groups in total. The second-order valence-corrected chi connectivity index (χ2v) is 9.09. The van der Waals surface area contributed by atoms with Crippen molar-refractivity contribution in [3.05, 3.63) is 52.3 Å². The Balaban J connectivity index is 1.66. The molecule has 166 valence electrons. The van der Waals surface area contributed by atoms with Gasteiger partial charge in [-0.1, -0.05) is 0 Å². The van der Waals surface area contributed by atoms with E-state index in [-0.39, 0.29) is 11.8 Å². The summed E-state index contributed by atoms with van der Waals surface area (Å²) >= 11 is 1.62. The maximum absolute atomic E-state index is 13.1. The summed E-state index contributed by atoms with van der Waals surface area (Å²) in [4.78, 5) is 33.4. The van der Waals surface area contributed by atoms with Gasteiger partial charge in [-0.05, 0) is 70.2 Å². The lowest BCUT2D eigenvalue weighted by atomic mass is 10.1. The van der Waals surface area contributed by atoms with E-state index in [0.29, 0.717) is 22.9 Å². The summed E-state index contributed by atoms with van der Waals surface area (Å²) in [6.07, 6.45) is -0.687. The van der Waals surface area contributed by atoms with Crippen LogP contribution >= 0.6 is 11.3 Å². The van der Waals surface area contributed by atoms with Gasteiger partial charge in [0.15, 0.2) is 6.10 Å². The van der Waals surface area contributed by atoms with Gasteiger partial charge in [0.25, 0.3) is 5.91 Å². The zero-order chi connectivity index (χ0) is 23.0. The molecule has 2 atom stereocenters. The average molecular weight is 452 g/mol. The molecule has 2 amide bonds. The summed E-state index contributed by atoms with van der Waals surface area (Å²) in [7, 11) is 1.58. The van der Waals surface area contributed by atoms with Gasteiger partial charge in [0.05, 0.1) is 23.5 Å². The van der Waals surface area contributed by atoms with Crippen molar-refractivity contribution in [2.45, 2.75) is 39.8 Å². The van der Waals surface area contributed by atoms with E-state index in [1.54, 1.807) is 56.6 Å². The Labute approximate surface area is 191 Å². The van der Waals surface area contributed by atoms with Crippen LogP contribution in [0, 0.1) is 13.8 Å². The number of aryl methyl sites for hydroxylation is 2. The number of carbonyl (C=O) groups excluding carboxylic acids is 2. The molecule has 8 heteroatoms. The molecule has 0 fully saturated rings. The maximum atomic E-state index is 13.1. The number of hydrogen-bond acceptors (Lipinski definition) is 6. The molecule has 2 aromatic carbocycles. The Kier molecular flexibility index (Phi) is 5.88. The van der Waals surface area contributed by atoms with Crippen LogP contribution in [-0.2, 0) is 9.59 Å². The van der Waals surface area contributed by atoms with E-state index in [2.05, 4.69) is 10.3 Å². The molecule has 0 aliphatic carbocycles. The quantitative estimate of drug-likeness (QED) is 0.614. The van der Waals surface area contributed by atoms with Crippen LogP contribution < -0.4 is 19.7 Å². The van der Waals surface area contributed by atoms with E-state index in [1.165, 1.54) is 4.90 Å². The summed E-state index contributed by atoms with van der Waals surface area (Å²) in [5, 5.41) is 3.85. The molecule has 7 nitrogen and oxygen atoms in total. The second-order valence-electron chi connectivity index (χ2n) is 7.68. The number of hydrogen-bond donors (Lipinski definition) is 1. The highest BCUT2D eigenvalue weighted by molar-refractivity contribution is 7.11. The first-order valence-corrected chi connectivity index (χ1v) is 11.1. The van der Waals surface area contributed by atoms with E-state index in [1.807, 2.05) is 32.0 Å². The van der Waals surface area contributed by atoms with E-state index in [9.17, 15) is 9.59 Å². The Morgan fingerprint density at radius 3 is 2.56 bits per heavy atom. The van der Waals surface area contributed by atoms with Crippen LogP contribution in [0.2, 0.25) is 0 Å². The van der Waals surface area contributed by atoms with Gasteiger partial charge in [-0.3, -0.25) is 14.5 Å². The van der Waals surface area contributed by atoms with Gasteiger partial charge in [-0.15, -0.1) is 11.3 Å². The van der Waals surface area contributed by atoms with Gasteiger partial charge in [0.2, 0.25) is 5.91 Å². The molecule has 1 aliphatic rings. The third-order valence-electron chi connectivity index (χ3n) is 5.41. The van der Waals surface area contributed by atoms with Gasteiger partial charge in [0.1, 0.15) is 17.5 Å². The molecule has 3 aromatic rings. The van der Waals surface area contributed by atoms with Crippen molar-refractivity contribution in [2.24, 2.45) is 0 Å². The first-order chi connectivity index (χ1) is 15.3. The van der Waals surface area contributed by atoms with E-state index >= 15 is 0 Å². The number of aromatic nitrogens is 1. The molecule has 1 aromatic heterocycles. The maximum Gasteiger partial charge on any atom is 0.268 e. The van der Waals surface area contributed by atoms with Crippen molar-refractivity contribution < 1.29 is 19.1 Å². The molecule has 2 unspecified atom stereocenters. The minimum Gasteiger partial charge on any atom is -0.497 e. The number of anilines is 2. The molecule has 0 saturated heterocycles. The van der Waals surface area contributed by atoms with Gasteiger partial charge >= 0.3 is 0 Å². The van der Waals surface area contributed by atoms with Crippen LogP contribution in [0.15, 0.2) is 42.5 Å². The number of methoxy groups -OCH3 is 1. The van der Waals surface area contributed by atoms with Gasteiger partial charge in [-0.25, -0.2) is 4.98 Å². The highest BCUT2D eigenvalue weighted by atomic mass is 32.1. The summed E-state index contributed by atoms with van der Waals surface area (Å²) in [6, 6.07) is 11.9. The van der Waals surface area contributed by atoms with Crippen LogP contribution in [0.5, 0.6) is 11.5 Å².